The highest BCUT2D eigenvalue weighted by molar-refractivity contribution is 5.49. The summed E-state index contributed by atoms with van der Waals surface area (Å²) in [6.45, 7) is 8.38. The van der Waals surface area contributed by atoms with Gasteiger partial charge in [0.2, 0.25) is 0 Å². The number of anilines is 2. The van der Waals surface area contributed by atoms with Gasteiger partial charge in [-0.15, -0.1) is 0 Å². The summed E-state index contributed by atoms with van der Waals surface area (Å²) in [5.74, 6) is 2.02. The van der Waals surface area contributed by atoms with Crippen LogP contribution in [0.25, 0.3) is 0 Å². The molecule has 4 nitrogen and oxygen atoms in total. The Morgan fingerprint density at radius 3 is 2.60 bits per heavy atom. The van der Waals surface area contributed by atoms with E-state index in [4.69, 9.17) is 4.42 Å². The van der Waals surface area contributed by atoms with Crippen LogP contribution in [0.4, 0.5) is 11.5 Å². The van der Waals surface area contributed by atoms with Gasteiger partial charge in [0.05, 0.1) is 18.1 Å². The Balaban J connectivity index is 1.93. The van der Waals surface area contributed by atoms with Crippen LogP contribution in [0.15, 0.2) is 41.1 Å². The summed E-state index contributed by atoms with van der Waals surface area (Å²) in [6.07, 6.45) is 4.47. The van der Waals surface area contributed by atoms with E-state index in [-0.39, 0.29) is 0 Å². The van der Waals surface area contributed by atoms with Gasteiger partial charge in [-0.25, -0.2) is 4.98 Å². The van der Waals surface area contributed by atoms with E-state index >= 15 is 0 Å². The molecule has 0 radical (unpaired) electrons. The van der Waals surface area contributed by atoms with E-state index in [1.807, 2.05) is 18.3 Å². The molecule has 0 amide bonds. The van der Waals surface area contributed by atoms with Gasteiger partial charge in [-0.2, -0.15) is 0 Å². The largest absolute Gasteiger partial charge is 0.469 e. The molecule has 1 unspecified atom stereocenters. The first-order chi connectivity index (χ1) is 9.72. The monoisotopic (exact) mass is 273 g/mol. The van der Waals surface area contributed by atoms with Gasteiger partial charge >= 0.3 is 0 Å². The molecule has 0 aliphatic rings. The van der Waals surface area contributed by atoms with E-state index < -0.39 is 0 Å². The second kappa shape index (κ2) is 6.98. The third-order valence-electron chi connectivity index (χ3n) is 3.34. The quantitative estimate of drug-likeness (QED) is 0.837. The molecule has 2 heterocycles. The molecular weight excluding hydrogens is 250 g/mol. The number of nitrogens with one attached hydrogen (secondary N) is 1. The summed E-state index contributed by atoms with van der Waals surface area (Å²) >= 11 is 0. The maximum atomic E-state index is 5.36. The van der Waals surface area contributed by atoms with Crippen molar-refractivity contribution in [3.8, 4) is 0 Å². The van der Waals surface area contributed by atoms with Gasteiger partial charge in [0.15, 0.2) is 0 Å². The van der Waals surface area contributed by atoms with Gasteiger partial charge < -0.3 is 14.6 Å². The predicted octanol–water partition coefficient (Wildman–Crippen LogP) is 3.56. The van der Waals surface area contributed by atoms with Crippen molar-refractivity contribution in [3.05, 3.63) is 42.5 Å². The maximum absolute atomic E-state index is 5.36. The van der Waals surface area contributed by atoms with Gasteiger partial charge in [-0.05, 0) is 45.0 Å². The maximum Gasteiger partial charge on any atom is 0.128 e. The number of furan rings is 1. The molecule has 108 valence electrons. The molecule has 0 aromatic carbocycles. The van der Waals surface area contributed by atoms with Gasteiger partial charge in [0, 0.05) is 25.6 Å². The molecular formula is C16H23N3O. The fraction of sp³-hybridized carbons (Fsp3) is 0.438. The van der Waals surface area contributed by atoms with Gasteiger partial charge in [0.1, 0.15) is 11.6 Å². The lowest BCUT2D eigenvalue weighted by Crippen LogP contribution is -2.23. The van der Waals surface area contributed by atoms with E-state index in [2.05, 4.69) is 48.1 Å². The van der Waals surface area contributed by atoms with Crippen molar-refractivity contribution in [2.45, 2.75) is 33.2 Å². The number of nitrogens with zero attached hydrogens (tertiary/aromatic N) is 2. The van der Waals surface area contributed by atoms with E-state index in [9.17, 15) is 0 Å². The molecule has 0 fully saturated rings. The summed E-state index contributed by atoms with van der Waals surface area (Å²) in [6, 6.07) is 8.37. The Bertz CT molecular complexity index is 489. The zero-order valence-corrected chi connectivity index (χ0v) is 12.5. The molecule has 0 saturated heterocycles. The minimum atomic E-state index is 0.308. The molecule has 0 bridgehead atoms. The van der Waals surface area contributed by atoms with Crippen LogP contribution < -0.4 is 10.2 Å². The van der Waals surface area contributed by atoms with Crippen molar-refractivity contribution in [2.75, 3.05) is 23.3 Å². The second-order valence-corrected chi connectivity index (χ2v) is 4.91. The minimum Gasteiger partial charge on any atom is -0.469 e. The lowest BCUT2D eigenvalue weighted by molar-refractivity contribution is 0.498. The first-order valence-electron chi connectivity index (χ1n) is 7.22. The summed E-state index contributed by atoms with van der Waals surface area (Å²) in [5.41, 5.74) is 1.04. The van der Waals surface area contributed by atoms with Gasteiger partial charge in [0.25, 0.3) is 0 Å². The smallest absolute Gasteiger partial charge is 0.128 e. The molecule has 0 aliphatic carbocycles. The first-order valence-corrected chi connectivity index (χ1v) is 7.22. The Morgan fingerprint density at radius 1 is 1.25 bits per heavy atom. The third kappa shape index (κ3) is 3.76. The van der Waals surface area contributed by atoms with Gasteiger partial charge in [-0.1, -0.05) is 0 Å². The van der Waals surface area contributed by atoms with Crippen molar-refractivity contribution in [1.29, 1.82) is 0 Å². The molecule has 0 spiro atoms. The first kappa shape index (κ1) is 14.4. The predicted molar refractivity (Wildman–Crippen MR) is 83.3 cm³/mol. The van der Waals surface area contributed by atoms with Crippen LogP contribution in [0, 0.1) is 0 Å². The SMILES string of the molecule is CCN(CC)c1ccc(NC(C)Cc2ccco2)cn1. The zero-order valence-electron chi connectivity index (χ0n) is 12.5. The molecule has 2 aromatic heterocycles. The molecule has 1 atom stereocenters. The van der Waals surface area contributed by atoms with E-state index in [0.717, 1.165) is 36.8 Å². The van der Waals surface area contributed by atoms with Crippen LogP contribution in [0.5, 0.6) is 0 Å². The van der Waals surface area contributed by atoms with Crippen molar-refractivity contribution in [1.82, 2.24) is 4.98 Å². The van der Waals surface area contributed by atoms with E-state index in [0.29, 0.717) is 6.04 Å². The van der Waals surface area contributed by atoms with Crippen LogP contribution >= 0.6 is 0 Å². The Labute approximate surface area is 120 Å². The Kier molecular flexibility index (Phi) is 5.04. The number of hydrogen-bond acceptors (Lipinski definition) is 4. The van der Waals surface area contributed by atoms with Crippen molar-refractivity contribution in [3.63, 3.8) is 0 Å². The standard InChI is InChI=1S/C16H23N3O/c1-4-19(5-2)16-9-8-14(12-17-16)18-13(3)11-15-7-6-10-20-15/h6-10,12-13,18H,4-5,11H2,1-3H3. The highest BCUT2D eigenvalue weighted by Gasteiger charge is 2.07. The van der Waals surface area contributed by atoms with Crippen LogP contribution in [0.3, 0.4) is 0 Å². The lowest BCUT2D eigenvalue weighted by Gasteiger charge is -2.20. The molecule has 4 heteroatoms. The van der Waals surface area contributed by atoms with Crippen LogP contribution in [0.2, 0.25) is 0 Å². The Morgan fingerprint density at radius 2 is 2.05 bits per heavy atom. The molecule has 0 saturated carbocycles. The molecule has 2 aromatic rings. The average molecular weight is 273 g/mol. The number of rotatable bonds is 7. The van der Waals surface area contributed by atoms with Crippen molar-refractivity contribution < 1.29 is 4.42 Å². The molecule has 1 N–H and O–H groups in total. The molecule has 20 heavy (non-hydrogen) atoms. The van der Waals surface area contributed by atoms with E-state index in [1.165, 1.54) is 0 Å². The topological polar surface area (TPSA) is 41.3 Å². The number of pyridine rings is 1. The highest BCUT2D eigenvalue weighted by atomic mass is 16.3. The Hall–Kier alpha value is -1.97. The van der Waals surface area contributed by atoms with Crippen LogP contribution in [-0.4, -0.2) is 24.1 Å². The van der Waals surface area contributed by atoms with Crippen molar-refractivity contribution >= 4 is 11.5 Å². The number of aromatic nitrogens is 1. The molecule has 2 rings (SSSR count). The van der Waals surface area contributed by atoms with Crippen LogP contribution in [-0.2, 0) is 6.42 Å². The fourth-order valence-corrected chi connectivity index (χ4v) is 2.27. The fourth-order valence-electron chi connectivity index (χ4n) is 2.27. The molecule has 0 aliphatic heterocycles. The summed E-state index contributed by atoms with van der Waals surface area (Å²) < 4.78 is 5.36. The second-order valence-electron chi connectivity index (χ2n) is 4.91. The summed E-state index contributed by atoms with van der Waals surface area (Å²) in [4.78, 5) is 6.74. The highest BCUT2D eigenvalue weighted by Crippen LogP contribution is 2.15. The van der Waals surface area contributed by atoms with E-state index in [1.54, 1.807) is 6.26 Å². The summed E-state index contributed by atoms with van der Waals surface area (Å²) in [7, 11) is 0. The van der Waals surface area contributed by atoms with Crippen LogP contribution in [0.1, 0.15) is 26.5 Å². The third-order valence-corrected chi connectivity index (χ3v) is 3.34. The van der Waals surface area contributed by atoms with Crippen molar-refractivity contribution in [2.24, 2.45) is 0 Å². The average Bonchev–Trinajstić information content (AvgIpc) is 2.94. The minimum absolute atomic E-state index is 0.308. The zero-order chi connectivity index (χ0) is 14.4. The number of hydrogen-bond donors (Lipinski definition) is 1. The normalized spacial score (nSPS) is 12.2. The lowest BCUT2D eigenvalue weighted by atomic mass is 10.2. The summed E-state index contributed by atoms with van der Waals surface area (Å²) in [5, 5.41) is 3.44. The van der Waals surface area contributed by atoms with Gasteiger partial charge in [-0.3, -0.25) is 0 Å².